The first-order valence-corrected chi connectivity index (χ1v) is 13.4. The summed E-state index contributed by atoms with van der Waals surface area (Å²) >= 11 is 6.23. The van der Waals surface area contributed by atoms with Gasteiger partial charge in [-0.25, -0.2) is 0 Å². The molecule has 3 heterocycles. The minimum atomic E-state index is -0.0439. The van der Waals surface area contributed by atoms with Crippen molar-refractivity contribution in [1.29, 1.82) is 0 Å². The molecular weight excluding hydrogens is 480 g/mol. The maximum absolute atomic E-state index is 13.4. The molecule has 5 rings (SSSR count). The molecule has 1 aliphatic carbocycles. The van der Waals surface area contributed by atoms with Crippen molar-refractivity contribution in [2.24, 2.45) is 0 Å². The van der Waals surface area contributed by atoms with Gasteiger partial charge in [-0.2, -0.15) is 5.10 Å². The van der Waals surface area contributed by atoms with Gasteiger partial charge in [-0.15, -0.1) is 0 Å². The number of hydrogen-bond donors (Lipinski definition) is 0. The van der Waals surface area contributed by atoms with Crippen LogP contribution in [0.2, 0.25) is 5.02 Å². The van der Waals surface area contributed by atoms with E-state index in [9.17, 15) is 9.59 Å². The van der Waals surface area contributed by atoms with Crippen LogP contribution in [0.25, 0.3) is 0 Å². The van der Waals surface area contributed by atoms with Crippen molar-refractivity contribution in [3.05, 3.63) is 45.7 Å². The Labute approximate surface area is 217 Å². The Balaban J connectivity index is 1.26. The molecule has 0 spiro atoms. The maximum Gasteiger partial charge on any atom is 0.274 e. The molecular formula is C27H35ClN4O4. The Kier molecular flexibility index (Phi) is 7.26. The molecule has 194 valence electrons. The van der Waals surface area contributed by atoms with Gasteiger partial charge >= 0.3 is 0 Å². The third-order valence-corrected chi connectivity index (χ3v) is 7.92. The highest BCUT2D eigenvalue weighted by Crippen LogP contribution is 2.36. The van der Waals surface area contributed by atoms with Gasteiger partial charge in [0, 0.05) is 42.5 Å². The number of aromatic nitrogens is 2. The molecule has 2 aliphatic heterocycles. The Morgan fingerprint density at radius 3 is 2.53 bits per heavy atom. The second-order valence-electron chi connectivity index (χ2n) is 10.3. The van der Waals surface area contributed by atoms with Crippen LogP contribution in [-0.4, -0.2) is 76.9 Å². The molecule has 2 saturated heterocycles. The molecule has 9 heteroatoms. The molecule has 0 radical (unpaired) electrons. The summed E-state index contributed by atoms with van der Waals surface area (Å²) in [6, 6.07) is 5.72. The lowest BCUT2D eigenvalue weighted by molar-refractivity contribution is -0.133. The number of amides is 2. The summed E-state index contributed by atoms with van der Waals surface area (Å²) in [5, 5.41) is 5.39. The Hall–Kier alpha value is -2.58. The molecule has 8 nitrogen and oxygen atoms in total. The quantitative estimate of drug-likeness (QED) is 0.608. The van der Waals surface area contributed by atoms with Crippen LogP contribution < -0.4 is 4.74 Å². The number of morpholine rings is 1. The smallest absolute Gasteiger partial charge is 0.274 e. The Morgan fingerprint density at radius 2 is 1.83 bits per heavy atom. The minimum Gasteiger partial charge on any atom is -0.496 e. The lowest BCUT2D eigenvalue weighted by atomic mass is 9.88. The van der Waals surface area contributed by atoms with Crippen LogP contribution in [0.15, 0.2) is 18.2 Å². The minimum absolute atomic E-state index is 0.00391. The van der Waals surface area contributed by atoms with Gasteiger partial charge < -0.3 is 19.3 Å². The normalized spacial score (nSPS) is 22.6. The predicted molar refractivity (Wildman–Crippen MR) is 137 cm³/mol. The molecule has 0 saturated carbocycles. The summed E-state index contributed by atoms with van der Waals surface area (Å²) < 4.78 is 13.1. The van der Waals surface area contributed by atoms with Gasteiger partial charge in [0.25, 0.3) is 5.91 Å². The van der Waals surface area contributed by atoms with Crippen molar-refractivity contribution >= 4 is 23.4 Å². The topological polar surface area (TPSA) is 76.9 Å². The zero-order chi connectivity index (χ0) is 25.4. The number of benzene rings is 1. The van der Waals surface area contributed by atoms with E-state index >= 15 is 0 Å². The highest BCUT2D eigenvalue weighted by molar-refractivity contribution is 6.30. The number of likely N-dealkylation sites (tertiary alicyclic amines) is 1. The molecule has 2 fully saturated rings. The maximum atomic E-state index is 13.4. The van der Waals surface area contributed by atoms with E-state index in [0.717, 1.165) is 54.7 Å². The second kappa shape index (κ2) is 10.4. The van der Waals surface area contributed by atoms with Gasteiger partial charge in [-0.3, -0.25) is 14.3 Å². The van der Waals surface area contributed by atoms with Gasteiger partial charge in [0.05, 0.1) is 19.3 Å². The first-order valence-electron chi connectivity index (χ1n) is 13.0. The van der Waals surface area contributed by atoms with Crippen LogP contribution in [-0.2, 0) is 28.9 Å². The second-order valence-corrected chi connectivity index (χ2v) is 10.7. The molecule has 1 aromatic heterocycles. The number of nitrogens with zero attached hydrogens (tertiary/aromatic N) is 4. The number of halogens is 1. The van der Waals surface area contributed by atoms with E-state index < -0.39 is 0 Å². The number of ether oxygens (including phenoxy) is 2. The van der Waals surface area contributed by atoms with Crippen LogP contribution >= 0.6 is 11.6 Å². The van der Waals surface area contributed by atoms with Gasteiger partial charge in [-0.05, 0) is 75.6 Å². The average molecular weight is 515 g/mol. The van der Waals surface area contributed by atoms with Crippen molar-refractivity contribution < 1.29 is 19.1 Å². The molecule has 2 amide bonds. The van der Waals surface area contributed by atoms with Crippen molar-refractivity contribution in [3.8, 4) is 5.75 Å². The van der Waals surface area contributed by atoms with E-state index in [-0.39, 0.29) is 30.6 Å². The zero-order valence-corrected chi connectivity index (χ0v) is 22.1. The van der Waals surface area contributed by atoms with Crippen molar-refractivity contribution in [1.82, 2.24) is 19.6 Å². The number of methoxy groups -OCH3 is 1. The first-order chi connectivity index (χ1) is 17.3. The number of piperidine rings is 1. The SMILES string of the molecule is COc1ccc(Cl)cc1C1CCN(C(=O)Cn2nc(C(=O)N3C[C@@H](C)O[C@@H](C)C3)c3c2CCC3)CC1. The summed E-state index contributed by atoms with van der Waals surface area (Å²) in [6.07, 6.45) is 4.41. The summed E-state index contributed by atoms with van der Waals surface area (Å²) in [6.45, 7) is 6.64. The Morgan fingerprint density at radius 1 is 1.11 bits per heavy atom. The summed E-state index contributed by atoms with van der Waals surface area (Å²) in [5.74, 6) is 1.16. The lowest BCUT2D eigenvalue weighted by Gasteiger charge is -2.35. The van der Waals surface area contributed by atoms with E-state index in [2.05, 4.69) is 0 Å². The number of fused-ring (bicyclic) bond motifs is 1. The monoisotopic (exact) mass is 514 g/mol. The number of carbonyl (C=O) groups excluding carboxylic acids is 2. The molecule has 36 heavy (non-hydrogen) atoms. The summed E-state index contributed by atoms with van der Waals surface area (Å²) in [5.41, 5.74) is 3.69. The third-order valence-electron chi connectivity index (χ3n) is 7.68. The van der Waals surface area contributed by atoms with Crippen molar-refractivity contribution in [2.45, 2.75) is 70.6 Å². The molecule has 2 aromatic rings. The van der Waals surface area contributed by atoms with Crippen LogP contribution in [0.4, 0.5) is 0 Å². The standard InChI is InChI=1S/C27H35ClN4O4/c1-17-14-31(15-18(2)36-17)27(34)26-21-5-4-6-23(21)32(29-26)16-25(33)30-11-9-19(10-12-30)22-13-20(28)7-8-24(22)35-3/h7-8,13,17-19H,4-6,9-12,14-16H2,1-3H3/t17-,18+. The van der Waals surface area contributed by atoms with Gasteiger partial charge in [0.1, 0.15) is 12.3 Å². The fraction of sp³-hybridized carbons (Fsp3) is 0.593. The summed E-state index contributed by atoms with van der Waals surface area (Å²) in [4.78, 5) is 30.4. The lowest BCUT2D eigenvalue weighted by Crippen LogP contribution is -2.48. The van der Waals surface area contributed by atoms with Gasteiger partial charge in [-0.1, -0.05) is 11.6 Å². The molecule has 2 atom stereocenters. The zero-order valence-electron chi connectivity index (χ0n) is 21.3. The third kappa shape index (κ3) is 4.98. The van der Waals surface area contributed by atoms with E-state index in [1.165, 1.54) is 0 Å². The van der Waals surface area contributed by atoms with Gasteiger partial charge in [0.2, 0.25) is 5.91 Å². The van der Waals surface area contributed by atoms with E-state index in [4.69, 9.17) is 26.2 Å². The molecule has 0 N–H and O–H groups in total. The number of hydrogen-bond acceptors (Lipinski definition) is 5. The van der Waals surface area contributed by atoms with E-state index in [0.29, 0.717) is 42.8 Å². The average Bonchev–Trinajstić information content (AvgIpc) is 3.47. The first kappa shape index (κ1) is 25.1. The fourth-order valence-corrected chi connectivity index (χ4v) is 6.18. The highest BCUT2D eigenvalue weighted by atomic mass is 35.5. The van der Waals surface area contributed by atoms with Crippen LogP contribution in [0, 0.1) is 0 Å². The summed E-state index contributed by atoms with van der Waals surface area (Å²) in [7, 11) is 1.67. The predicted octanol–water partition coefficient (Wildman–Crippen LogP) is 3.69. The van der Waals surface area contributed by atoms with Crippen molar-refractivity contribution in [3.63, 3.8) is 0 Å². The van der Waals surface area contributed by atoms with Crippen LogP contribution in [0.5, 0.6) is 5.75 Å². The van der Waals surface area contributed by atoms with Crippen LogP contribution in [0.1, 0.15) is 66.3 Å². The van der Waals surface area contributed by atoms with E-state index in [1.807, 2.05) is 41.8 Å². The van der Waals surface area contributed by atoms with E-state index in [1.54, 1.807) is 11.8 Å². The largest absolute Gasteiger partial charge is 0.496 e. The molecule has 0 bridgehead atoms. The molecule has 3 aliphatic rings. The van der Waals surface area contributed by atoms with Crippen molar-refractivity contribution in [2.75, 3.05) is 33.3 Å². The fourth-order valence-electron chi connectivity index (χ4n) is 6.00. The Bertz CT molecular complexity index is 1130. The number of carbonyl (C=O) groups is 2. The van der Waals surface area contributed by atoms with Crippen LogP contribution in [0.3, 0.4) is 0 Å². The van der Waals surface area contributed by atoms with Gasteiger partial charge in [0.15, 0.2) is 5.69 Å². The highest BCUT2D eigenvalue weighted by Gasteiger charge is 2.34. The molecule has 1 aromatic carbocycles. The molecule has 0 unspecified atom stereocenters. The number of rotatable bonds is 5.